The molecule has 2 aromatic heterocycles. The third-order valence-corrected chi connectivity index (χ3v) is 4.50. The quantitative estimate of drug-likeness (QED) is 0.549. The van der Waals surface area contributed by atoms with Gasteiger partial charge in [0.05, 0.1) is 18.7 Å². The van der Waals surface area contributed by atoms with Crippen LogP contribution >= 0.6 is 0 Å². The van der Waals surface area contributed by atoms with Crippen LogP contribution in [0.2, 0.25) is 0 Å². The highest BCUT2D eigenvalue weighted by atomic mass is 16.5. The Morgan fingerprint density at radius 1 is 0.889 bits per heavy atom. The van der Waals surface area contributed by atoms with E-state index in [2.05, 4.69) is 15.3 Å². The van der Waals surface area contributed by atoms with Gasteiger partial charge in [-0.05, 0) is 48.0 Å². The van der Waals surface area contributed by atoms with E-state index in [1.807, 2.05) is 60.7 Å². The summed E-state index contributed by atoms with van der Waals surface area (Å²) >= 11 is 0. The standard InChI is InChI=1S/C22H19N3O2/c1-27-16-9-7-15(8-10-16)22(25-20-6-2-3-13-24-20)21-17-5-4-14-23-18(17)11-12-19(21)26/h2-14,22,26H,1H3,(H,24,25)/t22-/m0/s1. The van der Waals surface area contributed by atoms with Gasteiger partial charge in [0.2, 0.25) is 0 Å². The van der Waals surface area contributed by atoms with Crippen molar-refractivity contribution >= 4 is 16.7 Å². The lowest BCUT2D eigenvalue weighted by atomic mass is 9.94. The minimum Gasteiger partial charge on any atom is -0.508 e. The molecule has 2 N–H and O–H groups in total. The number of aromatic nitrogens is 2. The second-order valence-corrected chi connectivity index (χ2v) is 6.13. The Balaban J connectivity index is 1.88. The molecule has 27 heavy (non-hydrogen) atoms. The Labute approximate surface area is 157 Å². The minimum atomic E-state index is -0.307. The van der Waals surface area contributed by atoms with Crippen molar-refractivity contribution in [3.05, 3.63) is 90.3 Å². The van der Waals surface area contributed by atoms with Gasteiger partial charge in [-0.25, -0.2) is 4.98 Å². The van der Waals surface area contributed by atoms with E-state index in [0.29, 0.717) is 0 Å². The average molecular weight is 357 g/mol. The summed E-state index contributed by atoms with van der Waals surface area (Å²) in [4.78, 5) is 8.80. The van der Waals surface area contributed by atoms with E-state index in [1.54, 1.807) is 25.6 Å². The van der Waals surface area contributed by atoms with E-state index < -0.39 is 0 Å². The lowest BCUT2D eigenvalue weighted by Gasteiger charge is -2.23. The van der Waals surface area contributed by atoms with Gasteiger partial charge >= 0.3 is 0 Å². The molecule has 0 saturated heterocycles. The molecular formula is C22H19N3O2. The molecule has 0 unspecified atom stereocenters. The lowest BCUT2D eigenvalue weighted by molar-refractivity contribution is 0.414. The molecule has 0 aliphatic heterocycles. The maximum Gasteiger partial charge on any atom is 0.126 e. The summed E-state index contributed by atoms with van der Waals surface area (Å²) in [5, 5.41) is 15.0. The number of hydrogen-bond acceptors (Lipinski definition) is 5. The molecule has 2 heterocycles. The molecule has 4 rings (SSSR count). The van der Waals surface area contributed by atoms with Crippen molar-refractivity contribution < 1.29 is 9.84 Å². The molecule has 0 saturated carbocycles. The molecule has 5 nitrogen and oxygen atoms in total. The zero-order valence-electron chi connectivity index (χ0n) is 14.8. The molecule has 2 aromatic carbocycles. The molecule has 0 spiro atoms. The highest BCUT2D eigenvalue weighted by Gasteiger charge is 2.21. The summed E-state index contributed by atoms with van der Waals surface area (Å²) in [5.41, 5.74) is 2.57. The van der Waals surface area contributed by atoms with Crippen LogP contribution in [0.1, 0.15) is 17.2 Å². The lowest BCUT2D eigenvalue weighted by Crippen LogP contribution is -2.14. The van der Waals surface area contributed by atoms with Crippen molar-refractivity contribution in [1.82, 2.24) is 9.97 Å². The molecule has 0 bridgehead atoms. The van der Waals surface area contributed by atoms with E-state index in [-0.39, 0.29) is 11.8 Å². The van der Waals surface area contributed by atoms with Crippen molar-refractivity contribution in [2.45, 2.75) is 6.04 Å². The van der Waals surface area contributed by atoms with Crippen LogP contribution in [0.4, 0.5) is 5.82 Å². The van der Waals surface area contributed by atoms with Crippen molar-refractivity contribution in [2.24, 2.45) is 0 Å². The number of nitrogens with zero attached hydrogens (tertiary/aromatic N) is 2. The van der Waals surface area contributed by atoms with Crippen molar-refractivity contribution in [3.63, 3.8) is 0 Å². The Bertz CT molecular complexity index is 1050. The number of rotatable bonds is 5. The Morgan fingerprint density at radius 2 is 1.70 bits per heavy atom. The maximum absolute atomic E-state index is 10.7. The van der Waals surface area contributed by atoms with Crippen LogP contribution in [0.3, 0.4) is 0 Å². The third-order valence-electron chi connectivity index (χ3n) is 4.50. The third kappa shape index (κ3) is 3.40. The fraction of sp³-hybridized carbons (Fsp3) is 0.0909. The van der Waals surface area contributed by atoms with Gasteiger partial charge in [0.15, 0.2) is 0 Å². The van der Waals surface area contributed by atoms with Crippen molar-refractivity contribution in [2.75, 3.05) is 12.4 Å². The Kier molecular flexibility index (Phi) is 4.58. The summed E-state index contributed by atoms with van der Waals surface area (Å²) in [6.07, 6.45) is 3.48. The van der Waals surface area contributed by atoms with E-state index >= 15 is 0 Å². The van der Waals surface area contributed by atoms with Crippen LogP contribution in [0.5, 0.6) is 11.5 Å². The summed E-state index contributed by atoms with van der Waals surface area (Å²) in [6, 6.07) is 20.5. The monoisotopic (exact) mass is 357 g/mol. The van der Waals surface area contributed by atoms with Crippen molar-refractivity contribution in [3.8, 4) is 11.5 Å². The number of anilines is 1. The number of aromatic hydroxyl groups is 1. The van der Waals surface area contributed by atoms with Gasteiger partial charge in [0.1, 0.15) is 17.3 Å². The molecule has 0 amide bonds. The topological polar surface area (TPSA) is 67.3 Å². The smallest absolute Gasteiger partial charge is 0.126 e. The van der Waals surface area contributed by atoms with Crippen molar-refractivity contribution in [1.29, 1.82) is 0 Å². The Morgan fingerprint density at radius 3 is 2.44 bits per heavy atom. The summed E-state index contributed by atoms with van der Waals surface area (Å²) in [7, 11) is 1.64. The number of nitrogens with one attached hydrogen (secondary N) is 1. The van der Waals surface area contributed by atoms with E-state index in [9.17, 15) is 5.11 Å². The molecular weight excluding hydrogens is 338 g/mol. The van der Waals surface area contributed by atoms with Crippen LogP contribution in [-0.2, 0) is 0 Å². The number of phenols is 1. The van der Waals surface area contributed by atoms with Gasteiger partial charge in [0.25, 0.3) is 0 Å². The molecule has 0 aliphatic rings. The zero-order valence-corrected chi connectivity index (χ0v) is 14.8. The molecule has 0 aliphatic carbocycles. The predicted molar refractivity (Wildman–Crippen MR) is 106 cm³/mol. The number of fused-ring (bicyclic) bond motifs is 1. The second-order valence-electron chi connectivity index (χ2n) is 6.13. The van der Waals surface area contributed by atoms with Crippen LogP contribution in [0, 0.1) is 0 Å². The van der Waals surface area contributed by atoms with Crippen LogP contribution in [0.25, 0.3) is 10.9 Å². The van der Waals surface area contributed by atoms with Crippen LogP contribution in [-0.4, -0.2) is 22.2 Å². The number of methoxy groups -OCH3 is 1. The highest BCUT2D eigenvalue weighted by Crippen LogP contribution is 2.37. The number of phenolic OH excluding ortho intramolecular Hbond substituents is 1. The first kappa shape index (κ1) is 16.8. The summed E-state index contributed by atoms with van der Waals surface area (Å²) in [5.74, 6) is 1.71. The summed E-state index contributed by atoms with van der Waals surface area (Å²) < 4.78 is 5.27. The van der Waals surface area contributed by atoms with E-state index in [4.69, 9.17) is 4.74 Å². The number of benzene rings is 2. The fourth-order valence-electron chi connectivity index (χ4n) is 3.18. The van der Waals surface area contributed by atoms with Crippen LogP contribution < -0.4 is 10.1 Å². The summed E-state index contributed by atoms with van der Waals surface area (Å²) in [6.45, 7) is 0. The molecule has 4 aromatic rings. The van der Waals surface area contributed by atoms with Gasteiger partial charge in [-0.1, -0.05) is 24.3 Å². The van der Waals surface area contributed by atoms with Gasteiger partial charge in [-0.2, -0.15) is 0 Å². The largest absolute Gasteiger partial charge is 0.508 e. The number of hydrogen-bond donors (Lipinski definition) is 2. The molecule has 5 heteroatoms. The molecule has 0 radical (unpaired) electrons. The second kappa shape index (κ2) is 7.33. The van der Waals surface area contributed by atoms with E-state index in [0.717, 1.165) is 33.6 Å². The SMILES string of the molecule is COc1ccc([C@H](Nc2ccccn2)c2c(O)ccc3ncccc23)cc1. The molecule has 1 atom stereocenters. The number of ether oxygens (including phenoxy) is 1. The molecule has 0 fully saturated rings. The van der Waals surface area contributed by atoms with Gasteiger partial charge < -0.3 is 15.2 Å². The first-order chi connectivity index (χ1) is 13.3. The minimum absolute atomic E-state index is 0.208. The average Bonchev–Trinajstić information content (AvgIpc) is 2.73. The molecule has 134 valence electrons. The first-order valence-corrected chi connectivity index (χ1v) is 8.64. The number of pyridine rings is 2. The van der Waals surface area contributed by atoms with Gasteiger partial charge in [-0.3, -0.25) is 4.98 Å². The van der Waals surface area contributed by atoms with E-state index in [1.165, 1.54) is 0 Å². The zero-order chi connectivity index (χ0) is 18.6. The first-order valence-electron chi connectivity index (χ1n) is 8.64. The normalized spacial score (nSPS) is 11.9. The fourth-order valence-corrected chi connectivity index (χ4v) is 3.18. The maximum atomic E-state index is 10.7. The van der Waals surface area contributed by atoms with Gasteiger partial charge in [-0.15, -0.1) is 0 Å². The highest BCUT2D eigenvalue weighted by molar-refractivity contribution is 5.86. The predicted octanol–water partition coefficient (Wildman–Crippen LogP) is 4.55. The van der Waals surface area contributed by atoms with Gasteiger partial charge in [0, 0.05) is 23.3 Å². The van der Waals surface area contributed by atoms with Crippen LogP contribution in [0.15, 0.2) is 79.1 Å². The Hall–Kier alpha value is -3.60.